The summed E-state index contributed by atoms with van der Waals surface area (Å²) < 4.78 is 0. The summed E-state index contributed by atoms with van der Waals surface area (Å²) in [5.41, 5.74) is 3.14. The van der Waals surface area contributed by atoms with Crippen LogP contribution < -0.4 is 16.0 Å². The molecule has 3 N–H and O–H groups in total. The van der Waals surface area contributed by atoms with E-state index in [1.807, 2.05) is 31.2 Å². The molecule has 168 valence electrons. The van der Waals surface area contributed by atoms with E-state index in [1.54, 1.807) is 7.05 Å². The molecule has 0 aromatic heterocycles. The molecule has 6 nitrogen and oxygen atoms in total. The van der Waals surface area contributed by atoms with Gasteiger partial charge in [-0.2, -0.15) is 0 Å². The lowest BCUT2D eigenvalue weighted by molar-refractivity contribution is 0.0956. The van der Waals surface area contributed by atoms with E-state index < -0.39 is 0 Å². The van der Waals surface area contributed by atoms with E-state index in [-0.39, 0.29) is 29.9 Å². The lowest BCUT2D eigenvalue weighted by atomic mass is 10.1. The van der Waals surface area contributed by atoms with Gasteiger partial charge >= 0.3 is 0 Å². The smallest absolute Gasteiger partial charge is 0.251 e. The molecule has 1 heterocycles. The van der Waals surface area contributed by atoms with E-state index in [4.69, 9.17) is 0 Å². The van der Waals surface area contributed by atoms with Crippen LogP contribution in [0.4, 0.5) is 0 Å². The maximum absolute atomic E-state index is 11.9. The Hall–Kier alpha value is -2.13. The minimum atomic E-state index is -0.0371. The van der Waals surface area contributed by atoms with Crippen LogP contribution in [0.5, 0.6) is 0 Å². The van der Waals surface area contributed by atoms with Gasteiger partial charge in [-0.1, -0.05) is 42.5 Å². The van der Waals surface area contributed by atoms with Crippen LogP contribution in [0.3, 0.4) is 0 Å². The SMILES string of the molecule is CCNC(=O)c1ccc(CNC(=NC)NC2CC(C)N(Cc3ccccc3)C2)cc1.I. The first-order chi connectivity index (χ1) is 14.6. The molecule has 31 heavy (non-hydrogen) atoms. The Labute approximate surface area is 202 Å². The number of carbonyl (C=O) groups excluding carboxylic acids is 1. The molecule has 0 spiro atoms. The first-order valence-electron chi connectivity index (χ1n) is 10.7. The zero-order valence-electron chi connectivity index (χ0n) is 18.6. The van der Waals surface area contributed by atoms with Crippen LogP contribution in [-0.2, 0) is 13.1 Å². The Balaban J connectivity index is 0.00000341. The number of rotatable bonds is 7. The number of carbonyl (C=O) groups is 1. The fourth-order valence-electron chi connectivity index (χ4n) is 3.85. The Morgan fingerprint density at radius 1 is 1.06 bits per heavy atom. The minimum Gasteiger partial charge on any atom is -0.352 e. The number of halogens is 1. The fourth-order valence-corrected chi connectivity index (χ4v) is 3.85. The summed E-state index contributed by atoms with van der Waals surface area (Å²) in [6.45, 7) is 7.47. The van der Waals surface area contributed by atoms with E-state index in [2.05, 4.69) is 63.1 Å². The number of guanidine groups is 1. The third-order valence-corrected chi connectivity index (χ3v) is 5.51. The first kappa shape index (κ1) is 25.1. The summed E-state index contributed by atoms with van der Waals surface area (Å²) >= 11 is 0. The van der Waals surface area contributed by atoms with Crippen LogP contribution in [0.2, 0.25) is 0 Å². The average Bonchev–Trinajstić information content (AvgIpc) is 3.11. The second kappa shape index (κ2) is 12.7. The number of nitrogens with zero attached hydrogens (tertiary/aromatic N) is 2. The van der Waals surface area contributed by atoms with Gasteiger partial charge in [-0.3, -0.25) is 14.7 Å². The van der Waals surface area contributed by atoms with Gasteiger partial charge in [0, 0.05) is 50.9 Å². The van der Waals surface area contributed by atoms with Gasteiger partial charge in [0.05, 0.1) is 0 Å². The Morgan fingerprint density at radius 3 is 2.42 bits per heavy atom. The lowest BCUT2D eigenvalue weighted by Crippen LogP contribution is -2.44. The second-order valence-electron chi connectivity index (χ2n) is 7.82. The number of hydrogen-bond donors (Lipinski definition) is 3. The largest absolute Gasteiger partial charge is 0.352 e. The summed E-state index contributed by atoms with van der Waals surface area (Å²) in [6, 6.07) is 19.2. The highest BCUT2D eigenvalue weighted by Crippen LogP contribution is 2.20. The highest BCUT2D eigenvalue weighted by Gasteiger charge is 2.29. The third kappa shape index (κ3) is 7.50. The molecular weight excluding hydrogens is 501 g/mol. The Kier molecular flexibility index (Phi) is 10.3. The predicted octanol–water partition coefficient (Wildman–Crippen LogP) is 3.38. The minimum absolute atomic E-state index is 0. The van der Waals surface area contributed by atoms with Crippen LogP contribution in [0.1, 0.15) is 41.8 Å². The van der Waals surface area contributed by atoms with E-state index in [0.717, 1.165) is 31.0 Å². The normalized spacial score (nSPS) is 18.9. The van der Waals surface area contributed by atoms with Crippen molar-refractivity contribution in [1.82, 2.24) is 20.9 Å². The standard InChI is InChI=1S/C24H33N5O.HI/c1-4-26-23(30)21-12-10-19(11-13-21)15-27-24(25-3)28-22-14-18(2)29(17-22)16-20-8-6-5-7-9-20;/h5-13,18,22H,4,14-17H2,1-3H3,(H,26,30)(H2,25,27,28);1H. The summed E-state index contributed by atoms with van der Waals surface area (Å²) in [5.74, 6) is 0.770. The first-order valence-corrected chi connectivity index (χ1v) is 10.7. The van der Waals surface area contributed by atoms with Crippen molar-refractivity contribution >= 4 is 35.8 Å². The molecule has 3 rings (SSSR count). The molecule has 2 unspecified atom stereocenters. The van der Waals surface area contributed by atoms with Crippen LogP contribution in [0.15, 0.2) is 59.6 Å². The lowest BCUT2D eigenvalue weighted by Gasteiger charge is -2.21. The van der Waals surface area contributed by atoms with Crippen molar-refractivity contribution in [3.05, 3.63) is 71.3 Å². The molecule has 1 saturated heterocycles. The van der Waals surface area contributed by atoms with Crippen LogP contribution >= 0.6 is 24.0 Å². The van der Waals surface area contributed by atoms with Gasteiger partial charge in [-0.15, -0.1) is 24.0 Å². The monoisotopic (exact) mass is 535 g/mol. The van der Waals surface area contributed by atoms with Gasteiger partial charge in [0.1, 0.15) is 0 Å². The topological polar surface area (TPSA) is 68.8 Å². The summed E-state index contributed by atoms with van der Waals surface area (Å²) in [6.07, 6.45) is 1.09. The zero-order valence-corrected chi connectivity index (χ0v) is 20.9. The van der Waals surface area contributed by atoms with Crippen molar-refractivity contribution in [1.29, 1.82) is 0 Å². The molecular formula is C24H34IN5O. The number of aliphatic imine (C=N–C) groups is 1. The van der Waals surface area contributed by atoms with Gasteiger partial charge < -0.3 is 16.0 Å². The number of hydrogen-bond acceptors (Lipinski definition) is 3. The van der Waals surface area contributed by atoms with Crippen LogP contribution in [0, 0.1) is 0 Å². The maximum Gasteiger partial charge on any atom is 0.251 e. The molecule has 2 aromatic carbocycles. The number of amides is 1. The van der Waals surface area contributed by atoms with Crippen molar-refractivity contribution < 1.29 is 4.79 Å². The average molecular weight is 535 g/mol. The van der Waals surface area contributed by atoms with Gasteiger partial charge in [0.15, 0.2) is 5.96 Å². The summed E-state index contributed by atoms with van der Waals surface area (Å²) in [5, 5.41) is 9.76. The van der Waals surface area contributed by atoms with Crippen molar-refractivity contribution in [2.45, 2.75) is 45.4 Å². The predicted molar refractivity (Wildman–Crippen MR) is 138 cm³/mol. The van der Waals surface area contributed by atoms with Gasteiger partial charge in [-0.25, -0.2) is 0 Å². The highest BCUT2D eigenvalue weighted by atomic mass is 127. The molecule has 0 saturated carbocycles. The van der Waals surface area contributed by atoms with E-state index in [9.17, 15) is 4.79 Å². The van der Waals surface area contributed by atoms with Crippen molar-refractivity contribution in [3.8, 4) is 0 Å². The molecule has 1 fully saturated rings. The fraction of sp³-hybridized carbons (Fsp3) is 0.417. The summed E-state index contributed by atoms with van der Waals surface area (Å²) in [4.78, 5) is 18.8. The summed E-state index contributed by atoms with van der Waals surface area (Å²) in [7, 11) is 1.80. The Morgan fingerprint density at radius 2 is 1.77 bits per heavy atom. The number of benzene rings is 2. The second-order valence-corrected chi connectivity index (χ2v) is 7.82. The van der Waals surface area contributed by atoms with Crippen molar-refractivity contribution in [3.63, 3.8) is 0 Å². The zero-order chi connectivity index (χ0) is 21.3. The molecule has 2 atom stereocenters. The molecule has 1 amide bonds. The highest BCUT2D eigenvalue weighted by molar-refractivity contribution is 14.0. The molecule has 1 aliphatic rings. The molecule has 2 aromatic rings. The van der Waals surface area contributed by atoms with Gasteiger partial charge in [0.25, 0.3) is 5.91 Å². The quantitative estimate of drug-likeness (QED) is 0.289. The Bertz CT molecular complexity index is 841. The van der Waals surface area contributed by atoms with E-state index in [1.165, 1.54) is 5.56 Å². The van der Waals surface area contributed by atoms with Crippen LogP contribution in [-0.4, -0.2) is 49.0 Å². The maximum atomic E-state index is 11.9. The molecule has 1 aliphatic heterocycles. The van der Waals surface area contributed by atoms with Gasteiger partial charge in [0.2, 0.25) is 0 Å². The van der Waals surface area contributed by atoms with Crippen molar-refractivity contribution in [2.75, 3.05) is 20.1 Å². The molecule has 0 bridgehead atoms. The van der Waals surface area contributed by atoms with E-state index in [0.29, 0.717) is 30.7 Å². The molecule has 0 aliphatic carbocycles. The number of nitrogens with one attached hydrogen (secondary N) is 3. The van der Waals surface area contributed by atoms with E-state index >= 15 is 0 Å². The van der Waals surface area contributed by atoms with Crippen LogP contribution in [0.25, 0.3) is 0 Å². The number of likely N-dealkylation sites (tertiary alicyclic amines) is 1. The third-order valence-electron chi connectivity index (χ3n) is 5.51. The molecule has 0 radical (unpaired) electrons. The van der Waals surface area contributed by atoms with Gasteiger partial charge in [-0.05, 0) is 43.5 Å². The van der Waals surface area contributed by atoms with Crippen molar-refractivity contribution in [2.24, 2.45) is 4.99 Å². The molecule has 7 heteroatoms.